The maximum atomic E-state index is 3.79. The fourth-order valence-electron chi connectivity index (χ4n) is 1.75. The highest BCUT2D eigenvalue weighted by molar-refractivity contribution is 5.60. The summed E-state index contributed by atoms with van der Waals surface area (Å²) >= 11 is 0. The van der Waals surface area contributed by atoms with Crippen LogP contribution in [0.2, 0.25) is 0 Å². The van der Waals surface area contributed by atoms with Crippen molar-refractivity contribution in [2.75, 3.05) is 11.4 Å². The fraction of sp³-hybridized carbons (Fsp3) is 0.273. The first-order chi connectivity index (χ1) is 5.81. The molecule has 0 radical (unpaired) electrons. The molecule has 1 aliphatic heterocycles. The molecule has 0 atom stereocenters. The number of benzene rings is 1. The number of aryl methyl sites for hydroxylation is 1. The Morgan fingerprint density at radius 3 is 3.08 bits per heavy atom. The van der Waals surface area contributed by atoms with Crippen LogP contribution in [0.5, 0.6) is 0 Å². The Labute approximate surface area is 73.3 Å². The first kappa shape index (κ1) is 7.41. The van der Waals surface area contributed by atoms with Gasteiger partial charge < -0.3 is 4.90 Å². The van der Waals surface area contributed by atoms with Crippen LogP contribution in [0.3, 0.4) is 0 Å². The normalized spacial score (nSPS) is 14.6. The van der Waals surface area contributed by atoms with Crippen molar-refractivity contribution in [3.63, 3.8) is 0 Å². The molecule has 1 aromatic carbocycles. The van der Waals surface area contributed by atoms with Gasteiger partial charge in [-0.15, -0.1) is 0 Å². The molecule has 1 nitrogen and oxygen atoms in total. The van der Waals surface area contributed by atoms with Crippen LogP contribution in [0.15, 0.2) is 31.0 Å². The second-order valence-electron chi connectivity index (χ2n) is 3.26. The van der Waals surface area contributed by atoms with E-state index >= 15 is 0 Å². The Balaban J connectivity index is 2.47. The zero-order valence-corrected chi connectivity index (χ0v) is 7.38. The number of fused-ring (bicyclic) bond motifs is 1. The highest BCUT2D eigenvalue weighted by Gasteiger charge is 2.15. The van der Waals surface area contributed by atoms with Gasteiger partial charge in [-0.05, 0) is 31.2 Å². The third-order valence-corrected chi connectivity index (χ3v) is 2.39. The molecule has 0 fully saturated rings. The van der Waals surface area contributed by atoms with E-state index in [2.05, 4.69) is 36.6 Å². The number of hydrogen-bond donors (Lipinski definition) is 0. The molecule has 0 saturated carbocycles. The third-order valence-electron chi connectivity index (χ3n) is 2.39. The zero-order valence-electron chi connectivity index (χ0n) is 7.38. The van der Waals surface area contributed by atoms with E-state index in [1.165, 1.54) is 16.8 Å². The summed E-state index contributed by atoms with van der Waals surface area (Å²) in [4.78, 5) is 2.20. The summed E-state index contributed by atoms with van der Waals surface area (Å²) in [7, 11) is 0. The highest BCUT2D eigenvalue weighted by atomic mass is 15.1. The van der Waals surface area contributed by atoms with Crippen LogP contribution in [0.1, 0.15) is 11.1 Å². The molecule has 0 bridgehead atoms. The van der Waals surface area contributed by atoms with E-state index in [1.54, 1.807) is 0 Å². The van der Waals surface area contributed by atoms with Crippen molar-refractivity contribution in [1.82, 2.24) is 0 Å². The minimum Gasteiger partial charge on any atom is -0.348 e. The van der Waals surface area contributed by atoms with Gasteiger partial charge in [0.05, 0.1) is 0 Å². The van der Waals surface area contributed by atoms with E-state index in [0.29, 0.717) is 0 Å². The Bertz CT molecular complexity index is 315. The van der Waals surface area contributed by atoms with E-state index < -0.39 is 0 Å². The van der Waals surface area contributed by atoms with Crippen molar-refractivity contribution < 1.29 is 0 Å². The molecule has 0 spiro atoms. The summed E-state index contributed by atoms with van der Waals surface area (Å²) in [6.07, 6.45) is 3.06. The van der Waals surface area contributed by atoms with Crippen LogP contribution in [-0.4, -0.2) is 6.54 Å². The molecule has 1 heteroatoms. The predicted octanol–water partition coefficient (Wildman–Crippen LogP) is 2.50. The lowest BCUT2D eigenvalue weighted by molar-refractivity contribution is 0.994. The zero-order chi connectivity index (χ0) is 8.55. The van der Waals surface area contributed by atoms with Crippen molar-refractivity contribution in [1.29, 1.82) is 0 Å². The monoisotopic (exact) mass is 159 g/mol. The fourth-order valence-corrected chi connectivity index (χ4v) is 1.75. The molecule has 0 N–H and O–H groups in total. The van der Waals surface area contributed by atoms with Crippen LogP contribution in [0.25, 0.3) is 0 Å². The van der Waals surface area contributed by atoms with Gasteiger partial charge >= 0.3 is 0 Å². The summed E-state index contributed by atoms with van der Waals surface area (Å²) in [6, 6.07) is 6.60. The molecule has 2 rings (SSSR count). The first-order valence-electron chi connectivity index (χ1n) is 4.30. The lowest BCUT2D eigenvalue weighted by atomic mass is 10.1. The van der Waals surface area contributed by atoms with Gasteiger partial charge in [-0.2, -0.15) is 0 Å². The van der Waals surface area contributed by atoms with Gasteiger partial charge in [-0.1, -0.05) is 24.3 Å². The van der Waals surface area contributed by atoms with Crippen molar-refractivity contribution in [3.05, 3.63) is 42.1 Å². The Morgan fingerprint density at radius 1 is 1.50 bits per heavy atom. The number of anilines is 1. The summed E-state index contributed by atoms with van der Waals surface area (Å²) < 4.78 is 0. The van der Waals surface area contributed by atoms with Crippen LogP contribution in [0, 0.1) is 6.92 Å². The van der Waals surface area contributed by atoms with E-state index in [-0.39, 0.29) is 0 Å². The average molecular weight is 159 g/mol. The molecule has 0 unspecified atom stereocenters. The molecule has 62 valence electrons. The molecule has 12 heavy (non-hydrogen) atoms. The van der Waals surface area contributed by atoms with Crippen LogP contribution >= 0.6 is 0 Å². The van der Waals surface area contributed by atoms with Crippen molar-refractivity contribution >= 4 is 5.69 Å². The minimum atomic E-state index is 1.09. The Morgan fingerprint density at radius 2 is 2.33 bits per heavy atom. The molecular formula is C11H13N. The lowest BCUT2D eigenvalue weighted by Gasteiger charge is -2.12. The van der Waals surface area contributed by atoms with E-state index in [1.807, 2.05) is 6.20 Å². The van der Waals surface area contributed by atoms with Gasteiger partial charge in [0.25, 0.3) is 0 Å². The van der Waals surface area contributed by atoms with Crippen LogP contribution in [0.4, 0.5) is 5.69 Å². The van der Waals surface area contributed by atoms with Gasteiger partial charge in [-0.3, -0.25) is 0 Å². The largest absolute Gasteiger partial charge is 0.348 e. The number of hydrogen-bond acceptors (Lipinski definition) is 1. The quantitative estimate of drug-likeness (QED) is 0.608. The predicted molar refractivity (Wildman–Crippen MR) is 52.4 cm³/mol. The van der Waals surface area contributed by atoms with Crippen molar-refractivity contribution in [2.45, 2.75) is 13.3 Å². The summed E-state index contributed by atoms with van der Waals surface area (Å²) in [5.41, 5.74) is 4.13. The third kappa shape index (κ3) is 1.02. The maximum absolute atomic E-state index is 3.79. The van der Waals surface area contributed by atoms with Crippen LogP contribution < -0.4 is 4.90 Å². The second kappa shape index (κ2) is 2.67. The van der Waals surface area contributed by atoms with E-state index in [0.717, 1.165) is 13.0 Å². The molecule has 1 aromatic rings. The van der Waals surface area contributed by atoms with Crippen molar-refractivity contribution in [3.8, 4) is 0 Å². The first-order valence-corrected chi connectivity index (χ1v) is 4.30. The summed E-state index contributed by atoms with van der Waals surface area (Å²) in [5, 5.41) is 0. The molecule has 0 aromatic heterocycles. The standard InChI is InChI=1S/C11H13N/c1-3-12-7-6-10-8-9(2)4-5-11(10)12/h3-5,8H,1,6-7H2,2H3. The number of rotatable bonds is 1. The molecule has 0 saturated heterocycles. The van der Waals surface area contributed by atoms with E-state index in [9.17, 15) is 0 Å². The van der Waals surface area contributed by atoms with Gasteiger partial charge in [0, 0.05) is 12.2 Å². The molecule has 0 aliphatic carbocycles. The molecule has 1 aliphatic rings. The average Bonchev–Trinajstić information content (AvgIpc) is 2.46. The highest BCUT2D eigenvalue weighted by Crippen LogP contribution is 2.28. The van der Waals surface area contributed by atoms with Gasteiger partial charge in [0.1, 0.15) is 0 Å². The second-order valence-corrected chi connectivity index (χ2v) is 3.26. The van der Waals surface area contributed by atoms with Gasteiger partial charge in [0.15, 0.2) is 0 Å². The summed E-state index contributed by atoms with van der Waals surface area (Å²) in [5.74, 6) is 0. The molecular weight excluding hydrogens is 146 g/mol. The molecule has 0 amide bonds. The maximum Gasteiger partial charge on any atom is 0.0439 e. The summed E-state index contributed by atoms with van der Waals surface area (Å²) in [6.45, 7) is 7.01. The van der Waals surface area contributed by atoms with E-state index in [4.69, 9.17) is 0 Å². The number of nitrogens with zero attached hydrogens (tertiary/aromatic N) is 1. The topological polar surface area (TPSA) is 3.24 Å². The minimum absolute atomic E-state index is 1.09. The van der Waals surface area contributed by atoms with Gasteiger partial charge in [-0.25, -0.2) is 0 Å². The van der Waals surface area contributed by atoms with Gasteiger partial charge in [0.2, 0.25) is 0 Å². The van der Waals surface area contributed by atoms with Crippen molar-refractivity contribution in [2.24, 2.45) is 0 Å². The SMILES string of the molecule is C=CN1CCc2cc(C)ccc21. The van der Waals surface area contributed by atoms with Crippen LogP contribution in [-0.2, 0) is 6.42 Å². The Kier molecular flexibility index (Phi) is 1.65. The Hall–Kier alpha value is -1.24. The smallest absolute Gasteiger partial charge is 0.0439 e. The lowest BCUT2D eigenvalue weighted by Crippen LogP contribution is -2.10. The molecule has 1 heterocycles.